The minimum Gasteiger partial charge on any atom is -0.493 e. The van der Waals surface area contributed by atoms with Gasteiger partial charge in [-0.05, 0) is 43.9 Å². The van der Waals surface area contributed by atoms with Gasteiger partial charge >= 0.3 is 0 Å². The van der Waals surface area contributed by atoms with Gasteiger partial charge in [-0.3, -0.25) is 4.79 Å². The van der Waals surface area contributed by atoms with Gasteiger partial charge in [0, 0.05) is 6.54 Å². The summed E-state index contributed by atoms with van der Waals surface area (Å²) in [5.41, 5.74) is 6.54. The molecule has 1 saturated heterocycles. The van der Waals surface area contributed by atoms with Crippen molar-refractivity contribution in [1.29, 1.82) is 0 Å². The van der Waals surface area contributed by atoms with Crippen LogP contribution in [0.1, 0.15) is 44.7 Å². The van der Waals surface area contributed by atoms with Crippen LogP contribution in [0.4, 0.5) is 0 Å². The van der Waals surface area contributed by atoms with Gasteiger partial charge in [-0.1, -0.05) is 13.0 Å². The Morgan fingerprint density at radius 3 is 2.76 bits per heavy atom. The number of amides is 1. The Morgan fingerprint density at radius 2 is 2.16 bits per heavy atom. The lowest BCUT2D eigenvalue weighted by atomic mass is 10.1. The second kappa shape index (κ2) is 10.5. The Balaban J connectivity index is 0.00000312. The minimum atomic E-state index is -0.407. The number of carbonyl (C=O) groups is 1. The van der Waals surface area contributed by atoms with Crippen molar-refractivity contribution in [2.24, 2.45) is 5.73 Å². The van der Waals surface area contributed by atoms with Gasteiger partial charge in [0.2, 0.25) is 5.91 Å². The molecule has 25 heavy (non-hydrogen) atoms. The Labute approximate surface area is 155 Å². The lowest BCUT2D eigenvalue weighted by Gasteiger charge is -2.19. The zero-order chi connectivity index (χ0) is 17.5. The van der Waals surface area contributed by atoms with Crippen LogP contribution in [0.3, 0.4) is 0 Å². The third kappa shape index (κ3) is 5.76. The number of methoxy groups -OCH3 is 1. The molecule has 142 valence electrons. The van der Waals surface area contributed by atoms with E-state index in [9.17, 15) is 4.79 Å². The van der Waals surface area contributed by atoms with Crippen LogP contribution >= 0.6 is 12.4 Å². The largest absolute Gasteiger partial charge is 0.493 e. The number of nitrogens with two attached hydrogens (primary N) is 1. The van der Waals surface area contributed by atoms with Gasteiger partial charge in [-0.15, -0.1) is 12.4 Å². The summed E-state index contributed by atoms with van der Waals surface area (Å²) < 4.78 is 16.7. The summed E-state index contributed by atoms with van der Waals surface area (Å²) in [4.78, 5) is 12.3. The highest BCUT2D eigenvalue weighted by Crippen LogP contribution is 2.30. The maximum atomic E-state index is 12.3. The summed E-state index contributed by atoms with van der Waals surface area (Å²) in [6.07, 6.45) is 2.07. The lowest BCUT2D eigenvalue weighted by molar-refractivity contribution is -0.132. The quantitative estimate of drug-likeness (QED) is 0.732. The average molecular weight is 373 g/mol. The van der Waals surface area contributed by atoms with E-state index in [1.807, 2.05) is 25.1 Å². The molecule has 0 radical (unpaired) electrons. The van der Waals surface area contributed by atoms with E-state index in [4.69, 9.17) is 19.9 Å². The molecule has 1 aliphatic heterocycles. The third-order valence-corrected chi connectivity index (χ3v) is 4.17. The monoisotopic (exact) mass is 372 g/mol. The Hall–Kier alpha value is -1.50. The van der Waals surface area contributed by atoms with E-state index in [1.54, 1.807) is 7.11 Å². The molecule has 3 atom stereocenters. The third-order valence-electron chi connectivity index (χ3n) is 4.17. The smallest absolute Gasteiger partial charge is 0.249 e. The number of hydrogen-bond acceptors (Lipinski definition) is 5. The fraction of sp³-hybridized carbons (Fsp3) is 0.611. The van der Waals surface area contributed by atoms with E-state index in [1.165, 1.54) is 0 Å². The zero-order valence-electron chi connectivity index (χ0n) is 15.1. The fourth-order valence-corrected chi connectivity index (χ4v) is 2.75. The van der Waals surface area contributed by atoms with Gasteiger partial charge in [0.15, 0.2) is 11.5 Å². The van der Waals surface area contributed by atoms with Crippen LogP contribution < -0.4 is 20.5 Å². The van der Waals surface area contributed by atoms with Gasteiger partial charge in [-0.2, -0.15) is 0 Å². The molecule has 0 bridgehead atoms. The molecule has 0 spiro atoms. The van der Waals surface area contributed by atoms with Crippen molar-refractivity contribution in [2.45, 2.75) is 51.4 Å². The summed E-state index contributed by atoms with van der Waals surface area (Å²) in [7, 11) is 1.61. The first-order valence-electron chi connectivity index (χ1n) is 8.55. The molecule has 1 unspecified atom stereocenters. The summed E-state index contributed by atoms with van der Waals surface area (Å²) in [6.45, 7) is 5.09. The molecule has 6 nitrogen and oxygen atoms in total. The maximum absolute atomic E-state index is 12.3. The van der Waals surface area contributed by atoms with Crippen LogP contribution in [0.5, 0.6) is 11.5 Å². The van der Waals surface area contributed by atoms with E-state index < -0.39 is 6.10 Å². The average Bonchev–Trinajstić information content (AvgIpc) is 3.09. The topological polar surface area (TPSA) is 82.8 Å². The molecule has 1 aliphatic rings. The molecule has 3 N–H and O–H groups in total. The van der Waals surface area contributed by atoms with Crippen LogP contribution in [0.25, 0.3) is 0 Å². The molecule has 1 amide bonds. The second-order valence-electron chi connectivity index (χ2n) is 6.05. The van der Waals surface area contributed by atoms with Crippen molar-refractivity contribution in [2.75, 3.05) is 20.3 Å². The van der Waals surface area contributed by atoms with Gasteiger partial charge in [0.1, 0.15) is 6.10 Å². The van der Waals surface area contributed by atoms with E-state index in [0.717, 1.165) is 18.4 Å². The summed E-state index contributed by atoms with van der Waals surface area (Å²) >= 11 is 0. The highest BCUT2D eigenvalue weighted by atomic mass is 35.5. The molecule has 0 aromatic heterocycles. The van der Waals surface area contributed by atoms with Crippen LogP contribution in [0.2, 0.25) is 0 Å². The van der Waals surface area contributed by atoms with Gasteiger partial charge in [0.25, 0.3) is 0 Å². The van der Waals surface area contributed by atoms with Crippen LogP contribution in [-0.4, -0.2) is 38.4 Å². The van der Waals surface area contributed by atoms with Crippen LogP contribution in [0, 0.1) is 0 Å². The zero-order valence-corrected chi connectivity index (χ0v) is 15.9. The highest BCUT2D eigenvalue weighted by molar-refractivity contribution is 5.85. The van der Waals surface area contributed by atoms with Crippen LogP contribution in [0.15, 0.2) is 18.2 Å². The Kier molecular flexibility index (Phi) is 9.03. The molecule has 0 aliphatic carbocycles. The summed E-state index contributed by atoms with van der Waals surface area (Å²) in [5.74, 6) is 1.29. The first-order chi connectivity index (χ1) is 11.6. The molecule has 1 fully saturated rings. The van der Waals surface area contributed by atoms with E-state index in [2.05, 4.69) is 12.2 Å². The SMILES string of the molecule is CCCOc1ccc(C(C)NC(=O)[C@@H]2CC[C@H](CN)O2)cc1OC.Cl. The number of rotatable bonds is 8. The van der Waals surface area contributed by atoms with Crippen molar-refractivity contribution < 1.29 is 19.0 Å². The van der Waals surface area contributed by atoms with Crippen molar-refractivity contribution in [3.8, 4) is 11.5 Å². The van der Waals surface area contributed by atoms with Crippen LogP contribution in [-0.2, 0) is 9.53 Å². The summed E-state index contributed by atoms with van der Waals surface area (Å²) in [6, 6.07) is 5.57. The molecule has 2 rings (SSSR count). The molecular formula is C18H29ClN2O4. The summed E-state index contributed by atoms with van der Waals surface area (Å²) in [5, 5.41) is 3.00. The minimum absolute atomic E-state index is 0. The number of ether oxygens (including phenoxy) is 3. The van der Waals surface area contributed by atoms with Crippen molar-refractivity contribution >= 4 is 18.3 Å². The first-order valence-corrected chi connectivity index (χ1v) is 8.55. The first kappa shape index (κ1) is 21.5. The van der Waals surface area contributed by atoms with Gasteiger partial charge < -0.3 is 25.3 Å². The van der Waals surface area contributed by atoms with Gasteiger partial charge in [0.05, 0.1) is 25.9 Å². The Morgan fingerprint density at radius 1 is 1.40 bits per heavy atom. The predicted octanol–water partition coefficient (Wildman–Crippen LogP) is 2.59. The Bertz CT molecular complexity index is 556. The standard InChI is InChI=1S/C18H28N2O4.ClH/c1-4-9-23-15-7-5-13(10-17(15)22-3)12(2)20-18(21)16-8-6-14(11-19)24-16;/h5,7,10,12,14,16H,4,6,8-9,11,19H2,1-3H3,(H,20,21);1H/t12?,14-,16+;/m1./s1. The van der Waals surface area contributed by atoms with Crippen molar-refractivity contribution in [3.63, 3.8) is 0 Å². The highest BCUT2D eigenvalue weighted by Gasteiger charge is 2.30. The number of hydrogen-bond donors (Lipinski definition) is 2. The lowest BCUT2D eigenvalue weighted by Crippen LogP contribution is -2.37. The molecular weight excluding hydrogens is 344 g/mol. The van der Waals surface area contributed by atoms with Gasteiger partial charge in [-0.25, -0.2) is 0 Å². The number of carbonyl (C=O) groups excluding carboxylic acids is 1. The normalized spacial score (nSPS) is 20.5. The molecule has 1 aromatic carbocycles. The van der Waals surface area contributed by atoms with Crippen molar-refractivity contribution in [1.82, 2.24) is 5.32 Å². The molecule has 1 heterocycles. The van der Waals surface area contributed by atoms with Crippen molar-refractivity contribution in [3.05, 3.63) is 23.8 Å². The molecule has 7 heteroatoms. The second-order valence-corrected chi connectivity index (χ2v) is 6.05. The van der Waals surface area contributed by atoms with E-state index >= 15 is 0 Å². The predicted molar refractivity (Wildman–Crippen MR) is 99.5 cm³/mol. The maximum Gasteiger partial charge on any atom is 0.249 e. The number of nitrogens with one attached hydrogen (secondary N) is 1. The fourth-order valence-electron chi connectivity index (χ4n) is 2.75. The van der Waals surface area contributed by atoms with E-state index in [0.29, 0.717) is 31.1 Å². The van der Waals surface area contributed by atoms with E-state index in [-0.39, 0.29) is 30.5 Å². The number of benzene rings is 1. The molecule has 0 saturated carbocycles. The molecule has 1 aromatic rings. The number of halogens is 1.